The van der Waals surface area contributed by atoms with Crippen molar-refractivity contribution >= 4 is 35.6 Å². The van der Waals surface area contributed by atoms with Gasteiger partial charge in [-0.15, -0.1) is 0 Å². The van der Waals surface area contributed by atoms with Gasteiger partial charge in [-0.25, -0.2) is 0 Å². The smallest absolute Gasteiger partial charge is 0.399 e. The van der Waals surface area contributed by atoms with Crippen molar-refractivity contribution in [1.29, 1.82) is 0 Å². The number of benzene rings is 2. The highest BCUT2D eigenvalue weighted by molar-refractivity contribution is 6.62. The van der Waals surface area contributed by atoms with Gasteiger partial charge in [0.15, 0.2) is 0 Å². The summed E-state index contributed by atoms with van der Waals surface area (Å²) in [5.74, 6) is -0.680. The van der Waals surface area contributed by atoms with Crippen LogP contribution in [0.2, 0.25) is 0 Å². The number of fused-ring (bicyclic) bond motifs is 1. The minimum Gasteiger partial charge on any atom is -0.399 e. The molecular formula is C29H33BN4O3. The second-order valence-electron chi connectivity index (χ2n) is 11.0. The minimum absolute atomic E-state index is 0.118. The van der Waals surface area contributed by atoms with E-state index < -0.39 is 24.2 Å². The van der Waals surface area contributed by atoms with E-state index in [1.165, 1.54) is 5.56 Å². The Morgan fingerprint density at radius 3 is 2.38 bits per heavy atom. The number of anilines is 1. The molecule has 3 aromatic rings. The van der Waals surface area contributed by atoms with Crippen molar-refractivity contribution in [2.45, 2.75) is 51.4 Å². The molecule has 0 bridgehead atoms. The monoisotopic (exact) mass is 496 g/mol. The van der Waals surface area contributed by atoms with Crippen LogP contribution in [0.15, 0.2) is 72.0 Å². The molecule has 3 heterocycles. The highest BCUT2D eigenvalue weighted by Crippen LogP contribution is 2.39. The van der Waals surface area contributed by atoms with Crippen LogP contribution in [0, 0.1) is 0 Å². The van der Waals surface area contributed by atoms with Crippen molar-refractivity contribution in [2.24, 2.45) is 4.99 Å². The van der Waals surface area contributed by atoms with Crippen molar-refractivity contribution in [1.82, 2.24) is 9.88 Å². The average molecular weight is 496 g/mol. The number of carbonyl (C=O) groups excluding carboxylic acids is 1. The fraction of sp³-hybridized carbons (Fsp3) is 0.345. The summed E-state index contributed by atoms with van der Waals surface area (Å²) in [5, 5.41) is 3.06. The Morgan fingerprint density at radius 2 is 1.76 bits per heavy atom. The number of hydrogen-bond donors (Lipinski definition) is 1. The molecule has 1 amide bonds. The van der Waals surface area contributed by atoms with Crippen molar-refractivity contribution in [3.8, 4) is 0 Å². The first-order valence-electron chi connectivity index (χ1n) is 12.6. The lowest BCUT2D eigenvalue weighted by atomic mass is 9.77. The van der Waals surface area contributed by atoms with Gasteiger partial charge in [-0.3, -0.25) is 14.8 Å². The van der Waals surface area contributed by atoms with Gasteiger partial charge in [0.05, 0.1) is 22.6 Å². The second kappa shape index (κ2) is 9.52. The van der Waals surface area contributed by atoms with Gasteiger partial charge in [0, 0.05) is 30.2 Å². The fourth-order valence-corrected chi connectivity index (χ4v) is 4.67. The number of carbonyl (C=O) groups is 1. The minimum atomic E-state index is -0.562. The molecular weight excluding hydrogens is 463 g/mol. The van der Waals surface area contributed by atoms with Crippen molar-refractivity contribution in [3.05, 3.63) is 83.7 Å². The van der Waals surface area contributed by atoms with E-state index in [-0.39, 0.29) is 5.91 Å². The Kier molecular flexibility index (Phi) is 6.52. The number of aromatic nitrogens is 1. The summed E-state index contributed by atoms with van der Waals surface area (Å²) in [4.78, 5) is 24.8. The highest BCUT2D eigenvalue weighted by atomic mass is 16.7. The van der Waals surface area contributed by atoms with E-state index >= 15 is 0 Å². The van der Waals surface area contributed by atoms with E-state index in [4.69, 9.17) is 14.3 Å². The Bertz CT molecular complexity index is 1320. The zero-order valence-corrected chi connectivity index (χ0v) is 22.3. The third-order valence-corrected chi connectivity index (χ3v) is 7.35. The molecule has 1 aromatic heterocycles. The van der Waals surface area contributed by atoms with E-state index in [2.05, 4.69) is 27.3 Å². The number of aliphatic imine (C=N–C) groups is 1. The van der Waals surface area contributed by atoms with Crippen LogP contribution >= 0.6 is 0 Å². The Labute approximate surface area is 219 Å². The summed E-state index contributed by atoms with van der Waals surface area (Å²) in [6.45, 7) is 8.97. The van der Waals surface area contributed by atoms with Gasteiger partial charge in [0.2, 0.25) is 5.91 Å². The number of rotatable bonds is 6. The van der Waals surface area contributed by atoms with Crippen molar-refractivity contribution in [3.63, 3.8) is 0 Å². The molecule has 1 saturated heterocycles. The lowest BCUT2D eigenvalue weighted by molar-refractivity contribution is -0.115. The molecule has 1 atom stereocenters. The van der Waals surface area contributed by atoms with Crippen LogP contribution in [-0.4, -0.2) is 53.9 Å². The molecule has 0 aliphatic carbocycles. The van der Waals surface area contributed by atoms with E-state index in [9.17, 15) is 4.79 Å². The van der Waals surface area contributed by atoms with E-state index in [1.807, 2.05) is 84.3 Å². The molecule has 7 nitrogen and oxygen atoms in total. The third-order valence-electron chi connectivity index (χ3n) is 7.35. The van der Waals surface area contributed by atoms with E-state index in [0.29, 0.717) is 5.71 Å². The maximum Gasteiger partial charge on any atom is 0.494 e. The summed E-state index contributed by atoms with van der Waals surface area (Å²) in [5.41, 5.74) is 5.07. The fourth-order valence-electron chi connectivity index (χ4n) is 4.67. The SMILES string of the molecule is CN(C)Cc1ccc(N=C(c2cccnc2)C2C(=O)Nc3cc(B4OC(C)(C)C(C)(C)O4)ccc32)cc1. The molecule has 190 valence electrons. The standard InChI is InChI=1S/C29H33BN4O3/c1-28(2)29(3,4)37-30(36-28)21-11-14-23-24(16-21)33-27(35)25(23)26(20-8-7-15-31-17-20)32-22-12-9-19(10-13-22)18-34(5)6/h7-17,25H,18H2,1-6H3,(H,33,35). The molecule has 2 aliphatic heterocycles. The Hall–Kier alpha value is -3.33. The zero-order valence-electron chi connectivity index (χ0n) is 22.3. The number of nitrogens with one attached hydrogen (secondary N) is 1. The van der Waals surface area contributed by atoms with Gasteiger partial charge in [-0.2, -0.15) is 0 Å². The lowest BCUT2D eigenvalue weighted by Crippen LogP contribution is -2.41. The molecule has 37 heavy (non-hydrogen) atoms. The maximum absolute atomic E-state index is 13.4. The van der Waals surface area contributed by atoms with E-state index in [1.54, 1.807) is 12.4 Å². The topological polar surface area (TPSA) is 76.1 Å². The van der Waals surface area contributed by atoms with Crippen LogP contribution < -0.4 is 10.8 Å². The quantitative estimate of drug-likeness (QED) is 0.407. The van der Waals surface area contributed by atoms with Gasteiger partial charge in [0.1, 0.15) is 5.92 Å². The van der Waals surface area contributed by atoms with Gasteiger partial charge in [0.25, 0.3) is 0 Å². The second-order valence-corrected chi connectivity index (χ2v) is 11.0. The third kappa shape index (κ3) is 4.97. The average Bonchev–Trinajstić information content (AvgIpc) is 3.28. The van der Waals surface area contributed by atoms with Crippen LogP contribution in [0.25, 0.3) is 0 Å². The van der Waals surface area contributed by atoms with Crippen LogP contribution in [-0.2, 0) is 20.6 Å². The first-order valence-corrected chi connectivity index (χ1v) is 12.6. The van der Waals surface area contributed by atoms with Crippen LogP contribution in [0.4, 0.5) is 11.4 Å². The molecule has 8 heteroatoms. The highest BCUT2D eigenvalue weighted by Gasteiger charge is 2.52. The predicted molar refractivity (Wildman–Crippen MR) is 148 cm³/mol. The summed E-state index contributed by atoms with van der Waals surface area (Å²) in [7, 11) is 3.58. The summed E-state index contributed by atoms with van der Waals surface area (Å²) < 4.78 is 12.4. The maximum atomic E-state index is 13.4. The zero-order chi connectivity index (χ0) is 26.4. The van der Waals surface area contributed by atoms with Gasteiger partial charge in [-0.05, 0) is 82.6 Å². The summed E-state index contributed by atoms with van der Waals surface area (Å²) in [6.07, 6.45) is 3.47. The molecule has 1 fully saturated rings. The molecule has 0 spiro atoms. The largest absolute Gasteiger partial charge is 0.494 e. The first-order chi connectivity index (χ1) is 17.5. The molecule has 0 saturated carbocycles. The normalized spacial score (nSPS) is 20.3. The molecule has 2 aromatic carbocycles. The number of amides is 1. The number of nitrogens with zero attached hydrogens (tertiary/aromatic N) is 3. The molecule has 0 radical (unpaired) electrons. The lowest BCUT2D eigenvalue weighted by Gasteiger charge is -2.32. The molecule has 1 unspecified atom stereocenters. The predicted octanol–water partition coefficient (Wildman–Crippen LogP) is 4.30. The molecule has 5 rings (SSSR count). The Balaban J connectivity index is 1.51. The Morgan fingerprint density at radius 1 is 1.05 bits per heavy atom. The summed E-state index contributed by atoms with van der Waals surface area (Å²) in [6, 6.07) is 17.8. The van der Waals surface area contributed by atoms with Crippen LogP contribution in [0.5, 0.6) is 0 Å². The van der Waals surface area contributed by atoms with Crippen LogP contribution in [0.3, 0.4) is 0 Å². The summed E-state index contributed by atoms with van der Waals surface area (Å²) >= 11 is 0. The van der Waals surface area contributed by atoms with Crippen molar-refractivity contribution in [2.75, 3.05) is 19.4 Å². The number of hydrogen-bond acceptors (Lipinski definition) is 6. The van der Waals surface area contributed by atoms with Crippen LogP contribution in [0.1, 0.15) is 50.3 Å². The molecule has 2 aliphatic rings. The van der Waals surface area contributed by atoms with Gasteiger partial charge >= 0.3 is 7.12 Å². The van der Waals surface area contributed by atoms with Gasteiger partial charge < -0.3 is 19.5 Å². The van der Waals surface area contributed by atoms with Crippen molar-refractivity contribution < 1.29 is 14.1 Å². The molecule has 1 N–H and O–H groups in total. The number of pyridine rings is 1. The first kappa shape index (κ1) is 25.3. The van der Waals surface area contributed by atoms with E-state index in [0.717, 1.165) is 34.5 Å². The van der Waals surface area contributed by atoms with Gasteiger partial charge in [-0.1, -0.05) is 30.3 Å².